The number of primary amides is 1. The van der Waals surface area contributed by atoms with E-state index in [-0.39, 0.29) is 51.0 Å². The lowest BCUT2D eigenvalue weighted by atomic mass is 10.1. The van der Waals surface area contributed by atoms with Crippen molar-refractivity contribution in [2.24, 2.45) is 22.2 Å². The number of aldehydes is 2. The largest absolute Gasteiger partial charge is 0.490 e. The number of amides is 10. The number of hydrogen-bond acceptors (Lipinski definition) is 17. The lowest BCUT2D eigenvalue weighted by molar-refractivity contribution is -0.192. The van der Waals surface area contributed by atoms with Crippen molar-refractivity contribution < 1.29 is 91.9 Å². The van der Waals surface area contributed by atoms with Crippen LogP contribution in [-0.4, -0.2) is 204 Å². The minimum atomic E-state index is -5.08. The van der Waals surface area contributed by atoms with Crippen LogP contribution in [0.1, 0.15) is 58.3 Å². The van der Waals surface area contributed by atoms with E-state index >= 15 is 0 Å². The van der Waals surface area contributed by atoms with E-state index in [1.165, 1.54) is 4.90 Å². The van der Waals surface area contributed by atoms with Gasteiger partial charge in [-0.2, -0.15) is 13.2 Å². The number of carboxylic acids is 2. The number of rotatable bonds is 31. The summed E-state index contributed by atoms with van der Waals surface area (Å²) >= 11 is 0. The Kier molecular flexibility index (Phi) is 27.8. The van der Waals surface area contributed by atoms with Crippen molar-refractivity contribution >= 4 is 89.5 Å². The average Bonchev–Trinajstić information content (AvgIpc) is 4.08. The second kappa shape index (κ2) is 34.1. The van der Waals surface area contributed by atoms with E-state index in [9.17, 15) is 75.5 Å². The summed E-state index contributed by atoms with van der Waals surface area (Å²) in [6.07, 6.45) is -5.01. The summed E-state index contributed by atoms with van der Waals surface area (Å²) in [5.41, 5.74) is 19.9. The van der Waals surface area contributed by atoms with Crippen LogP contribution in [0, 0.1) is 0 Å². The molecule has 79 heavy (non-hydrogen) atoms. The van der Waals surface area contributed by atoms with Crippen LogP contribution in [0.2, 0.25) is 0 Å². The number of alkyl halides is 3. The number of nitrogens with two attached hydrogens (primary N) is 3. The highest BCUT2D eigenvalue weighted by atomic mass is 19.4. The number of aliphatic carboxylic acids is 2. The fourth-order valence-electron chi connectivity index (χ4n) is 7.42. The molecular formula is C45H64F3N15O16. The summed E-state index contributed by atoms with van der Waals surface area (Å²) in [4.78, 5) is 175. The van der Waals surface area contributed by atoms with Crippen LogP contribution in [-0.2, 0) is 73.5 Å². The van der Waals surface area contributed by atoms with Gasteiger partial charge in [-0.15, -0.1) is 0 Å². The van der Waals surface area contributed by atoms with Crippen LogP contribution >= 0.6 is 0 Å². The van der Waals surface area contributed by atoms with Gasteiger partial charge in [0.05, 0.1) is 57.6 Å². The molecule has 0 radical (unpaired) electrons. The van der Waals surface area contributed by atoms with Crippen molar-refractivity contribution in [3.63, 3.8) is 0 Å². The number of likely N-dealkylation sites (tertiary alicyclic amines) is 1. The molecule has 34 heteroatoms. The maximum atomic E-state index is 14.1. The summed E-state index contributed by atoms with van der Waals surface area (Å²) in [5, 5.41) is 35.7. The van der Waals surface area contributed by atoms with Crippen molar-refractivity contribution in [2.75, 3.05) is 52.4 Å². The fourth-order valence-corrected chi connectivity index (χ4v) is 7.42. The number of benzene rings is 1. The number of hydrazine groups is 1. The Labute approximate surface area is 449 Å². The summed E-state index contributed by atoms with van der Waals surface area (Å²) in [6.45, 7) is -2.76. The van der Waals surface area contributed by atoms with Crippen LogP contribution in [0.15, 0.2) is 35.3 Å². The van der Waals surface area contributed by atoms with Crippen molar-refractivity contribution in [3.05, 3.63) is 35.9 Å². The molecule has 10 amide bonds. The van der Waals surface area contributed by atoms with Crippen LogP contribution in [0.5, 0.6) is 0 Å². The Morgan fingerprint density at radius 2 is 1.24 bits per heavy atom. The number of carbonyl (C=O) groups excluding carboxylic acids is 12. The quantitative estimate of drug-likeness (QED) is 0.0142. The first kappa shape index (κ1) is 64.5. The summed E-state index contributed by atoms with van der Waals surface area (Å²) in [7, 11) is 0. The van der Waals surface area contributed by atoms with Gasteiger partial charge in [0.2, 0.25) is 59.1 Å². The van der Waals surface area contributed by atoms with Gasteiger partial charge >= 0.3 is 18.1 Å². The molecule has 3 rings (SSSR count). The van der Waals surface area contributed by atoms with Crippen molar-refractivity contribution in [3.8, 4) is 0 Å². The Bertz CT molecular complexity index is 2440. The van der Waals surface area contributed by atoms with Crippen molar-refractivity contribution in [1.82, 2.24) is 57.9 Å². The first-order valence-electron chi connectivity index (χ1n) is 24.5. The normalized spacial score (nSPS) is 16.4. The number of carbonyl (C=O) groups is 14. The topological polar surface area (TPSA) is 485 Å². The maximum Gasteiger partial charge on any atom is 0.490 e. The molecule has 0 bridgehead atoms. The van der Waals surface area contributed by atoms with E-state index in [0.29, 0.717) is 25.8 Å². The average molecular weight is 1130 g/mol. The molecule has 2 fully saturated rings. The smallest absolute Gasteiger partial charge is 0.481 e. The number of aliphatic imine (C=N–C) groups is 1. The summed E-state index contributed by atoms with van der Waals surface area (Å²) < 4.78 is 39.6. The van der Waals surface area contributed by atoms with Gasteiger partial charge in [0.15, 0.2) is 5.96 Å². The number of halogens is 3. The zero-order valence-electron chi connectivity index (χ0n) is 43.3. The molecule has 2 saturated heterocycles. The monoisotopic (exact) mass is 1130 g/mol. The van der Waals surface area contributed by atoms with Crippen molar-refractivity contribution in [2.45, 2.75) is 100 Å². The molecule has 2 aliphatic heterocycles. The molecule has 0 saturated carbocycles. The van der Waals surface area contributed by atoms with Crippen LogP contribution < -0.4 is 65.2 Å². The van der Waals surface area contributed by atoms with E-state index in [2.05, 4.69) is 53.0 Å². The Morgan fingerprint density at radius 1 is 0.696 bits per heavy atom. The second-order valence-corrected chi connectivity index (χ2v) is 17.3. The van der Waals surface area contributed by atoms with Gasteiger partial charge in [-0.05, 0) is 50.5 Å². The Morgan fingerprint density at radius 3 is 1.78 bits per heavy atom. The Hall–Kier alpha value is -8.82. The summed E-state index contributed by atoms with van der Waals surface area (Å²) in [5.74, 6) is -12.6. The highest BCUT2D eigenvalue weighted by molar-refractivity contribution is 5.97. The minimum Gasteiger partial charge on any atom is -0.481 e. The van der Waals surface area contributed by atoms with E-state index < -0.39 is 165 Å². The number of nitrogens with one attached hydrogen (secondary N) is 9. The van der Waals surface area contributed by atoms with E-state index in [1.54, 1.807) is 5.01 Å². The zero-order valence-corrected chi connectivity index (χ0v) is 42.3. The molecule has 0 unspecified atom stereocenters. The predicted octanol–water partition coefficient (Wildman–Crippen LogP) is -6.97. The highest BCUT2D eigenvalue weighted by Crippen LogP contribution is 2.21. The van der Waals surface area contributed by atoms with Crippen LogP contribution in [0.25, 0.3) is 0 Å². The van der Waals surface area contributed by atoms with Gasteiger partial charge in [0.1, 0.15) is 38.1 Å². The Balaban J connectivity index is 0.00000292. The highest BCUT2D eigenvalue weighted by Gasteiger charge is 2.40. The molecule has 0 spiro atoms. The first-order valence-corrected chi connectivity index (χ1v) is 24.0. The number of guanidine groups is 1. The molecule has 436 valence electrons. The predicted molar refractivity (Wildman–Crippen MR) is 264 cm³/mol. The lowest BCUT2D eigenvalue weighted by Gasteiger charge is -2.31. The lowest BCUT2D eigenvalue weighted by Crippen LogP contribution is -2.58. The molecule has 2 aliphatic rings. The SMILES string of the molecule is O=C(O)C(F)(F)F.[2H]C(=O)[C@H](Cc1ccccc1)NN1CCC[C@H]1C(=O)N[C@@H](CCCN=C(N)N)C(=O)N1CCC[C@H]1C(=O)NCC(=O)NCC(=O)NCC(=O)NCC(=O)N[C@@H](CC(N)=O)C(=O)NCC(=O)N[C@H](C=O)CC(=O)O. The number of carboxylic acid groups (broad SMARTS) is 2. The molecule has 31 nitrogen and oxygen atoms in total. The van der Waals surface area contributed by atoms with Crippen molar-refractivity contribution in [1.29, 1.82) is 0 Å². The number of nitrogens with zero attached hydrogens (tertiary/aromatic N) is 3. The first-order chi connectivity index (χ1) is 37.6. The third-order valence-electron chi connectivity index (χ3n) is 11.1. The molecule has 1 aromatic carbocycles. The third-order valence-corrected chi connectivity index (χ3v) is 11.1. The van der Waals surface area contributed by atoms with E-state index in [1.807, 2.05) is 30.3 Å². The molecule has 0 aromatic heterocycles. The van der Waals surface area contributed by atoms with Gasteiger partial charge in [0.25, 0.3) is 0 Å². The van der Waals surface area contributed by atoms with E-state index in [4.69, 9.17) is 33.6 Å². The molecule has 0 aliphatic carbocycles. The van der Waals surface area contributed by atoms with Gasteiger partial charge in [-0.25, -0.2) is 15.2 Å². The van der Waals surface area contributed by atoms with Crippen LogP contribution in [0.3, 0.4) is 0 Å². The van der Waals surface area contributed by atoms with Gasteiger partial charge in [-0.1, -0.05) is 30.3 Å². The van der Waals surface area contributed by atoms with E-state index in [0.717, 1.165) is 5.56 Å². The van der Waals surface area contributed by atoms with Crippen LogP contribution in [0.4, 0.5) is 13.2 Å². The maximum absolute atomic E-state index is 14.1. The molecule has 2 heterocycles. The standard InChI is InChI=1S/C43H63N15O14.C2HF3O2/c44-32(61)17-29(39(69)51-22-36(65)53-26(23-59)16-38(67)68)54-37(66)21-50-34(63)19-48-33(62)18-49-35(64)20-52-40(70)30-10-5-13-57(30)42(72)28(9-4-12-47-43(45)46)55-41(71)31-11-6-14-58(31)56-27(24-60)15-25-7-2-1-3-8-25;3-2(4,5)1(6)7/h1-3,7-8,23-24,26-31,56H,4-6,9-22H2,(H2,44,61)(H,48,62)(H,49,64)(H,50,63)(H,51,69)(H,52,70)(H,53,65)(H,54,66)(H,55,71)(H,67,68)(H4,45,46,47);(H,6,7)/t26-,27-,28-,29-,30-,31-;/m0./s1/i24D;. The van der Waals surface area contributed by atoms with Gasteiger partial charge in [-0.3, -0.25) is 57.7 Å². The van der Waals surface area contributed by atoms with Gasteiger partial charge in [0, 0.05) is 19.6 Å². The molecule has 1 aromatic rings. The third kappa shape index (κ3) is 26.2. The number of hydrogen-bond donors (Lipinski definition) is 14. The second-order valence-electron chi connectivity index (χ2n) is 17.3. The molecular weight excluding hydrogens is 1060 g/mol. The van der Waals surface area contributed by atoms with Gasteiger partial charge < -0.3 is 84.4 Å². The minimum absolute atomic E-state index is 0.0893. The molecule has 17 N–H and O–H groups in total. The molecule has 6 atom stereocenters. The zero-order chi connectivity index (χ0) is 60.1. The fraction of sp³-hybridized carbons (Fsp3) is 0.533. The summed E-state index contributed by atoms with van der Waals surface area (Å²) in [6, 6.07) is 2.22.